The maximum absolute atomic E-state index is 14.6. The summed E-state index contributed by atoms with van der Waals surface area (Å²) in [5.41, 5.74) is 4.52. The molecule has 5 aromatic rings. The smallest absolute Gasteiger partial charge is 0.323 e. The number of aryl methyl sites for hydroxylation is 1. The summed E-state index contributed by atoms with van der Waals surface area (Å²) in [4.78, 5) is 15.8. The summed E-state index contributed by atoms with van der Waals surface area (Å²) in [5, 5.41) is 7.87. The number of methoxy groups -OCH3 is 2. The van der Waals surface area contributed by atoms with Crippen LogP contribution in [0, 0.1) is 12.7 Å². The van der Waals surface area contributed by atoms with Crippen LogP contribution < -0.4 is 14.8 Å². The first-order valence-corrected chi connectivity index (χ1v) is 12.8. The van der Waals surface area contributed by atoms with Gasteiger partial charge in [0.25, 0.3) is 0 Å². The molecule has 2 aromatic heterocycles. The predicted octanol–water partition coefficient (Wildman–Crippen LogP) is 6.26. The normalized spacial score (nSPS) is 14.2. The lowest BCUT2D eigenvalue weighted by Crippen LogP contribution is -2.38. The number of urea groups is 1. The second-order valence-corrected chi connectivity index (χ2v) is 9.52. The number of fused-ring (bicyclic) bond motifs is 3. The van der Waals surface area contributed by atoms with Crippen LogP contribution in [0.4, 0.5) is 14.9 Å². The van der Waals surface area contributed by atoms with Crippen molar-refractivity contribution in [3.05, 3.63) is 119 Å². The molecule has 40 heavy (non-hydrogen) atoms. The van der Waals surface area contributed by atoms with Gasteiger partial charge in [0.2, 0.25) is 0 Å². The lowest BCUT2D eigenvalue weighted by Gasteiger charge is -2.31. The monoisotopic (exact) mass is 537 g/mol. The quantitative estimate of drug-likeness (QED) is 0.287. The molecule has 6 rings (SSSR count). The van der Waals surface area contributed by atoms with E-state index in [0.29, 0.717) is 22.7 Å². The largest absolute Gasteiger partial charge is 0.497 e. The third-order valence-electron chi connectivity index (χ3n) is 7.16. The molecule has 0 aliphatic carbocycles. The van der Waals surface area contributed by atoms with Crippen molar-refractivity contribution in [1.29, 1.82) is 0 Å². The zero-order chi connectivity index (χ0) is 27.8. The maximum atomic E-state index is 14.6. The van der Waals surface area contributed by atoms with E-state index in [0.717, 1.165) is 28.5 Å². The topological polar surface area (TPSA) is 73.5 Å². The fourth-order valence-electron chi connectivity index (χ4n) is 5.27. The van der Waals surface area contributed by atoms with Crippen LogP contribution in [0.1, 0.15) is 28.6 Å². The van der Waals surface area contributed by atoms with E-state index >= 15 is 0 Å². The van der Waals surface area contributed by atoms with Gasteiger partial charge in [0.05, 0.1) is 49.6 Å². The van der Waals surface area contributed by atoms with Crippen molar-refractivity contribution in [1.82, 2.24) is 19.2 Å². The summed E-state index contributed by atoms with van der Waals surface area (Å²) in [7, 11) is 3.10. The highest BCUT2D eigenvalue weighted by atomic mass is 19.1. The number of hydrogen-bond donors (Lipinski definition) is 1. The Labute approximate surface area is 231 Å². The van der Waals surface area contributed by atoms with Crippen LogP contribution in [0.2, 0.25) is 0 Å². The Morgan fingerprint density at radius 3 is 2.55 bits per heavy atom. The van der Waals surface area contributed by atoms with Crippen molar-refractivity contribution in [3.63, 3.8) is 0 Å². The van der Waals surface area contributed by atoms with E-state index in [2.05, 4.69) is 5.32 Å². The van der Waals surface area contributed by atoms with E-state index in [4.69, 9.17) is 14.6 Å². The van der Waals surface area contributed by atoms with Gasteiger partial charge in [0.15, 0.2) is 0 Å². The van der Waals surface area contributed by atoms with E-state index in [1.807, 2.05) is 70.9 Å². The summed E-state index contributed by atoms with van der Waals surface area (Å²) >= 11 is 0. The van der Waals surface area contributed by atoms with Crippen LogP contribution in [-0.4, -0.2) is 39.5 Å². The molecule has 8 nitrogen and oxygen atoms in total. The standard InChI is InChI=1S/C31H28FN5O3/c1-20-25-19-36(31(38)33-26-15-14-24(39-2)18-28(26)40-3)29(21-9-7-10-22(32)17-21)27-13-8-16-35(27)30(25)37(34-20)23-11-5-4-6-12-23/h4-18,29H,19H2,1-3H3,(H,33,38)/t29-/m1/s1. The first-order valence-electron chi connectivity index (χ1n) is 12.8. The van der Waals surface area contributed by atoms with Crippen LogP contribution in [0.3, 0.4) is 0 Å². The molecule has 1 aliphatic rings. The third-order valence-corrected chi connectivity index (χ3v) is 7.16. The van der Waals surface area contributed by atoms with Gasteiger partial charge in [-0.05, 0) is 61.0 Å². The van der Waals surface area contributed by atoms with Crippen molar-refractivity contribution in [2.24, 2.45) is 0 Å². The molecule has 0 spiro atoms. The molecule has 202 valence electrons. The highest BCUT2D eigenvalue weighted by Crippen LogP contribution is 2.39. The molecule has 9 heteroatoms. The minimum Gasteiger partial charge on any atom is -0.497 e. The van der Waals surface area contributed by atoms with Crippen molar-refractivity contribution < 1.29 is 18.7 Å². The van der Waals surface area contributed by atoms with Gasteiger partial charge in [-0.15, -0.1) is 0 Å². The van der Waals surface area contributed by atoms with Gasteiger partial charge in [-0.3, -0.25) is 0 Å². The van der Waals surface area contributed by atoms with E-state index < -0.39 is 6.04 Å². The summed E-state index contributed by atoms with van der Waals surface area (Å²) in [6, 6.07) is 24.4. The van der Waals surface area contributed by atoms with Crippen LogP contribution in [-0.2, 0) is 6.54 Å². The molecule has 1 N–H and O–H groups in total. The summed E-state index contributed by atoms with van der Waals surface area (Å²) in [6.07, 6.45) is 1.95. The minimum atomic E-state index is -0.592. The average molecular weight is 538 g/mol. The number of carbonyl (C=O) groups is 1. The van der Waals surface area contributed by atoms with E-state index in [1.165, 1.54) is 19.2 Å². The second kappa shape index (κ2) is 10.3. The number of amides is 2. The van der Waals surface area contributed by atoms with Crippen LogP contribution in [0.5, 0.6) is 11.5 Å². The Morgan fingerprint density at radius 1 is 0.975 bits per heavy atom. The number of halogens is 1. The number of hydrogen-bond acceptors (Lipinski definition) is 4. The highest BCUT2D eigenvalue weighted by molar-refractivity contribution is 5.92. The SMILES string of the molecule is COc1ccc(NC(=O)N2Cc3c(C)nn(-c4ccccc4)c3-n3cccc3[C@H]2c2cccc(F)c2)c(OC)c1. The molecule has 0 bridgehead atoms. The lowest BCUT2D eigenvalue weighted by atomic mass is 10.0. The number of carbonyl (C=O) groups excluding carboxylic acids is 1. The third kappa shape index (κ3) is 4.35. The van der Waals surface area contributed by atoms with Gasteiger partial charge in [0.1, 0.15) is 23.1 Å². The zero-order valence-electron chi connectivity index (χ0n) is 22.3. The Bertz CT molecular complexity index is 1690. The zero-order valence-corrected chi connectivity index (χ0v) is 22.3. The Morgan fingerprint density at radius 2 is 1.80 bits per heavy atom. The molecule has 1 aliphatic heterocycles. The van der Waals surface area contributed by atoms with Crippen molar-refractivity contribution in [2.45, 2.75) is 19.5 Å². The fourth-order valence-corrected chi connectivity index (χ4v) is 5.27. The highest BCUT2D eigenvalue weighted by Gasteiger charge is 2.36. The average Bonchev–Trinajstić information content (AvgIpc) is 3.53. The number of nitrogens with zero attached hydrogens (tertiary/aromatic N) is 4. The summed E-state index contributed by atoms with van der Waals surface area (Å²) in [6.45, 7) is 2.17. The fraction of sp³-hybridized carbons (Fsp3) is 0.161. The minimum absolute atomic E-state index is 0.237. The molecule has 3 aromatic carbocycles. The molecule has 0 fully saturated rings. The van der Waals surface area contributed by atoms with Gasteiger partial charge in [-0.25, -0.2) is 13.9 Å². The van der Waals surface area contributed by atoms with Gasteiger partial charge in [-0.2, -0.15) is 5.10 Å². The van der Waals surface area contributed by atoms with Crippen molar-refractivity contribution in [2.75, 3.05) is 19.5 Å². The number of rotatable bonds is 5. The molecule has 1 atom stereocenters. The summed E-state index contributed by atoms with van der Waals surface area (Å²) in [5.74, 6) is 1.53. The van der Waals surface area contributed by atoms with Gasteiger partial charge >= 0.3 is 6.03 Å². The number of aromatic nitrogens is 3. The first-order chi connectivity index (χ1) is 19.5. The first kappa shape index (κ1) is 25.2. The molecule has 2 amide bonds. The molecule has 0 radical (unpaired) electrons. The predicted molar refractivity (Wildman–Crippen MR) is 150 cm³/mol. The Hall–Kier alpha value is -5.05. The summed E-state index contributed by atoms with van der Waals surface area (Å²) < 4.78 is 29.3. The number of benzene rings is 3. The van der Waals surface area contributed by atoms with Gasteiger partial charge in [-0.1, -0.05) is 30.3 Å². The van der Waals surface area contributed by atoms with Crippen LogP contribution in [0.25, 0.3) is 11.5 Å². The Kier molecular flexibility index (Phi) is 6.47. The van der Waals surface area contributed by atoms with Crippen LogP contribution >= 0.6 is 0 Å². The Balaban J connectivity index is 1.52. The molecule has 0 unspecified atom stereocenters. The molecular formula is C31H28FN5O3. The number of nitrogens with one attached hydrogen (secondary N) is 1. The van der Waals surface area contributed by atoms with Gasteiger partial charge in [0, 0.05) is 17.8 Å². The van der Waals surface area contributed by atoms with Crippen molar-refractivity contribution in [3.8, 4) is 23.0 Å². The van der Waals surface area contributed by atoms with Gasteiger partial charge < -0.3 is 24.3 Å². The second-order valence-electron chi connectivity index (χ2n) is 9.52. The van der Waals surface area contributed by atoms with Crippen molar-refractivity contribution >= 4 is 11.7 Å². The maximum Gasteiger partial charge on any atom is 0.323 e. The lowest BCUT2D eigenvalue weighted by molar-refractivity contribution is 0.194. The molecular weight excluding hydrogens is 509 g/mol. The van der Waals surface area contributed by atoms with E-state index in [-0.39, 0.29) is 18.4 Å². The number of ether oxygens (including phenoxy) is 2. The number of para-hydroxylation sites is 1. The number of anilines is 1. The van der Waals surface area contributed by atoms with Crippen LogP contribution in [0.15, 0.2) is 91.1 Å². The molecule has 3 heterocycles. The van der Waals surface area contributed by atoms with E-state index in [1.54, 1.807) is 36.3 Å². The van der Waals surface area contributed by atoms with E-state index in [9.17, 15) is 9.18 Å². The molecule has 0 saturated carbocycles. The molecule has 0 saturated heterocycles.